The van der Waals surface area contributed by atoms with Crippen LogP contribution in [0.2, 0.25) is 0 Å². The molecule has 0 spiro atoms. The van der Waals surface area contributed by atoms with Crippen LogP contribution in [0.5, 0.6) is 0 Å². The molecule has 0 bridgehead atoms. The van der Waals surface area contributed by atoms with Crippen molar-refractivity contribution in [2.45, 2.75) is 38.5 Å². The van der Waals surface area contributed by atoms with Crippen molar-refractivity contribution in [3.8, 4) is 0 Å². The first-order valence-corrected chi connectivity index (χ1v) is 27.3. The minimum absolute atomic E-state index is 0.172. The number of allylic oxidation sites excluding steroid dienone is 4. The van der Waals surface area contributed by atoms with E-state index < -0.39 is 69.2 Å². The third kappa shape index (κ3) is 16.7. The second-order valence-corrected chi connectivity index (χ2v) is 20.0. The number of ketones is 2. The molecule has 0 atom stereocenters. The molecule has 88 heavy (non-hydrogen) atoms. The number of aromatic amines is 2. The van der Waals surface area contributed by atoms with Gasteiger partial charge >= 0.3 is 23.9 Å². The topological polar surface area (TPSA) is 318 Å². The average molecular weight is 1180 g/mol. The molecule has 0 unspecified atom stereocenters. The zero-order valence-corrected chi connectivity index (χ0v) is 46.8. The highest BCUT2D eigenvalue weighted by Crippen LogP contribution is 2.34. The molecule has 2 saturated carbocycles. The van der Waals surface area contributed by atoms with Crippen LogP contribution in [0.1, 0.15) is 123 Å². The van der Waals surface area contributed by atoms with Gasteiger partial charge in [-0.2, -0.15) is 0 Å². The maximum atomic E-state index is 12.6. The Morgan fingerprint density at radius 3 is 0.864 bits per heavy atom. The second-order valence-electron chi connectivity index (χ2n) is 20.0. The van der Waals surface area contributed by atoms with Crippen molar-refractivity contribution in [3.05, 3.63) is 273 Å². The molecule has 6 aromatic carbocycles. The van der Waals surface area contributed by atoms with Crippen LogP contribution in [0.3, 0.4) is 0 Å². The fourth-order valence-electron chi connectivity index (χ4n) is 9.73. The van der Waals surface area contributed by atoms with Crippen LogP contribution >= 0.6 is 0 Å². The number of carboxylic acids is 6. The van der Waals surface area contributed by atoms with E-state index in [9.17, 15) is 48.6 Å². The Bertz CT molecular complexity index is 3760. The largest absolute Gasteiger partial charge is 0.545 e. The highest BCUT2D eigenvalue weighted by Gasteiger charge is 2.22. The molecule has 4 aromatic heterocycles. The van der Waals surface area contributed by atoms with E-state index in [1.165, 1.54) is 32.3 Å². The molecule has 18 nitrogen and oxygen atoms in total. The summed E-state index contributed by atoms with van der Waals surface area (Å²) in [5.74, 6) is -8.51. The third-order valence-electron chi connectivity index (χ3n) is 13.9. The molecule has 10 aromatic rings. The molecular weight excluding hydrogens is 1120 g/mol. The number of aromatic nitrogens is 4. The predicted octanol–water partition coefficient (Wildman–Crippen LogP) is 9.71. The van der Waals surface area contributed by atoms with Gasteiger partial charge in [0, 0.05) is 71.3 Å². The van der Waals surface area contributed by atoms with Crippen LogP contribution in [0.15, 0.2) is 217 Å². The van der Waals surface area contributed by atoms with E-state index in [0.717, 1.165) is 119 Å². The number of carbonyl (C=O) groups excluding carboxylic acids is 4. The number of hydrogen-bond acceptors (Lipinski definition) is 12. The van der Waals surface area contributed by atoms with Crippen molar-refractivity contribution in [2.24, 2.45) is 0 Å². The molecule has 0 radical (unpaired) electrons. The lowest BCUT2D eigenvalue weighted by Gasteiger charge is -2.16. The van der Waals surface area contributed by atoms with Crippen LogP contribution in [0.25, 0.3) is 56.6 Å². The molecule has 2 aliphatic rings. The number of H-pyrrole nitrogens is 2. The third-order valence-corrected chi connectivity index (χ3v) is 13.9. The monoisotopic (exact) mass is 1170 g/mol. The van der Waals surface area contributed by atoms with E-state index in [4.69, 9.17) is 20.4 Å². The molecule has 18 heteroatoms. The van der Waals surface area contributed by atoms with Crippen molar-refractivity contribution in [3.63, 3.8) is 0 Å². The van der Waals surface area contributed by atoms with E-state index in [1.54, 1.807) is 24.8 Å². The molecule has 438 valence electrons. The minimum atomic E-state index is -1.62. The first-order chi connectivity index (χ1) is 42.4. The zero-order chi connectivity index (χ0) is 62.7. The molecule has 2 fully saturated rings. The maximum Gasteiger partial charge on any atom is 0.335 e. The number of nitrogens with zero attached hydrogens (tertiary/aromatic N) is 2. The first-order valence-electron chi connectivity index (χ1n) is 27.3. The number of carboxylic acid groups (broad SMARTS) is 6. The van der Waals surface area contributed by atoms with Crippen LogP contribution in [0, 0.1) is 0 Å². The number of nitrogens with one attached hydrogen (secondary N) is 2. The maximum absolute atomic E-state index is 12.6. The Morgan fingerprint density at radius 2 is 0.614 bits per heavy atom. The zero-order valence-electron chi connectivity index (χ0n) is 46.8. The average Bonchev–Trinajstić information content (AvgIpc) is 0.913. The quantitative estimate of drug-likeness (QED) is 0.0731. The summed E-state index contributed by atoms with van der Waals surface area (Å²) in [5.41, 5.74) is 5.16. The van der Waals surface area contributed by atoms with E-state index in [2.05, 4.69) is 80.6 Å². The predicted molar refractivity (Wildman–Crippen MR) is 324 cm³/mol. The Balaban J connectivity index is 0.000000144. The SMILES string of the molecule is O=C([O-])c1cc(C(=O)O)cc(C(=O)O)c1.O=C([O-])c1cc(C(=O)O)cc(C(=O)O)c1.O=C1/C(=C/c2ccncc2)CCC/C1=C\c1cc[nH+]cc1.O=C1/C(=C/c2ccncc2)CCC/C1=C\c1cc[nH+]cc1.c1cc2ccc3cccc4ccc(c1)c2c34. The number of carbonyl (C=O) groups is 8. The molecule has 12 rings (SSSR count). The van der Waals surface area contributed by atoms with Gasteiger partial charge in [0.15, 0.2) is 36.4 Å². The fraction of sp³-hybridized carbons (Fsp3) is 0.0857. The Hall–Kier alpha value is -11.9. The Kier molecular flexibility index (Phi) is 20.9. The van der Waals surface area contributed by atoms with Gasteiger partial charge in [-0.25, -0.2) is 29.1 Å². The molecule has 0 aliphatic heterocycles. The second kappa shape index (κ2) is 29.6. The summed E-state index contributed by atoms with van der Waals surface area (Å²) in [6.07, 6.45) is 27.9. The van der Waals surface area contributed by atoms with Gasteiger partial charge in [-0.1, -0.05) is 60.7 Å². The number of hydrogen-bond donors (Lipinski definition) is 4. The Labute approximate surface area is 502 Å². The molecule has 0 saturated heterocycles. The van der Waals surface area contributed by atoms with Gasteiger partial charge < -0.3 is 40.2 Å². The number of aromatic carboxylic acids is 6. The summed E-state index contributed by atoms with van der Waals surface area (Å²) in [6.45, 7) is 0. The lowest BCUT2D eigenvalue weighted by Crippen LogP contribution is -2.23. The number of rotatable bonds is 10. The lowest BCUT2D eigenvalue weighted by molar-refractivity contribution is -0.378. The molecule has 0 amide bonds. The van der Waals surface area contributed by atoms with Crippen molar-refractivity contribution >= 4 is 104 Å². The van der Waals surface area contributed by atoms with Crippen molar-refractivity contribution in [1.29, 1.82) is 0 Å². The number of pyridine rings is 4. The molecule has 6 N–H and O–H groups in total. The summed E-state index contributed by atoms with van der Waals surface area (Å²) in [6, 6.07) is 42.5. The van der Waals surface area contributed by atoms with Crippen LogP contribution in [-0.2, 0) is 9.59 Å². The summed E-state index contributed by atoms with van der Waals surface area (Å²) >= 11 is 0. The Morgan fingerprint density at radius 1 is 0.364 bits per heavy atom. The van der Waals surface area contributed by atoms with Crippen molar-refractivity contribution in [1.82, 2.24) is 9.97 Å². The molecule has 4 heterocycles. The highest BCUT2D eigenvalue weighted by molar-refractivity contribution is 6.23. The first kappa shape index (κ1) is 62.1. The van der Waals surface area contributed by atoms with Crippen molar-refractivity contribution in [2.75, 3.05) is 0 Å². The van der Waals surface area contributed by atoms with Gasteiger partial charge in [0.2, 0.25) is 0 Å². The van der Waals surface area contributed by atoms with Gasteiger partial charge in [0.25, 0.3) is 0 Å². The standard InChI is InChI=1S/2C18H16N2O.C16H10.2C9H6O6/c2*21-18-16(12-14-4-8-19-9-5-14)2-1-3-17(18)13-15-6-10-20-11-7-15;1-3-11-7-9-13-5-2-6-14-10-8-12(4-1)15(11)16(13)14;2*10-7(11)4-1-5(8(12)13)3-6(2-4)9(14)15/h2*4-13H,1-3H2;1-10H;2*1-3H,(H,10,11)(H,12,13)(H,14,15)/b2*16-12+,17-13+;;;. The van der Waals surface area contributed by atoms with E-state index in [-0.39, 0.29) is 11.6 Å². The van der Waals surface area contributed by atoms with Gasteiger partial charge in [-0.3, -0.25) is 19.6 Å². The summed E-state index contributed by atoms with van der Waals surface area (Å²) in [4.78, 5) is 102. The van der Waals surface area contributed by atoms with Crippen LogP contribution < -0.4 is 20.2 Å². The van der Waals surface area contributed by atoms with E-state index in [0.29, 0.717) is 0 Å². The van der Waals surface area contributed by atoms with Gasteiger partial charge in [0.05, 0.1) is 34.2 Å². The number of benzene rings is 6. The minimum Gasteiger partial charge on any atom is -0.545 e. The van der Waals surface area contributed by atoms with Gasteiger partial charge in [0.1, 0.15) is 0 Å². The molecule has 2 aliphatic carbocycles. The van der Waals surface area contributed by atoms with E-state index >= 15 is 0 Å². The van der Waals surface area contributed by atoms with Gasteiger partial charge in [-0.15, -0.1) is 0 Å². The molecular formula is C70H54N4O14. The fourth-order valence-corrected chi connectivity index (χ4v) is 9.73. The van der Waals surface area contributed by atoms with Crippen molar-refractivity contribution < 1.29 is 79.0 Å². The highest BCUT2D eigenvalue weighted by atomic mass is 16.4. The smallest absolute Gasteiger partial charge is 0.335 e. The van der Waals surface area contributed by atoms with E-state index in [1.807, 2.05) is 97.6 Å². The normalized spacial score (nSPS) is 14.5. The summed E-state index contributed by atoms with van der Waals surface area (Å²) in [5, 5.41) is 63.4. The van der Waals surface area contributed by atoms with Crippen LogP contribution in [-0.4, -0.2) is 77.8 Å². The summed E-state index contributed by atoms with van der Waals surface area (Å²) < 4.78 is 0. The van der Waals surface area contributed by atoms with Crippen LogP contribution in [0.4, 0.5) is 0 Å². The summed E-state index contributed by atoms with van der Waals surface area (Å²) in [7, 11) is 0. The lowest BCUT2D eigenvalue weighted by atomic mass is 9.87. The van der Waals surface area contributed by atoms with Gasteiger partial charge in [-0.05, 0) is 189 Å². The number of Topliss-reactive ketones (excluding diaryl/α,β-unsaturated/α-hetero) is 2.